The summed E-state index contributed by atoms with van der Waals surface area (Å²) in [6, 6.07) is 9.79. The van der Waals surface area contributed by atoms with Gasteiger partial charge in [0.25, 0.3) is 0 Å². The molecule has 3 rings (SSSR count). The van der Waals surface area contributed by atoms with Crippen molar-refractivity contribution in [2.75, 3.05) is 11.9 Å². The number of nitrogens with one attached hydrogen (secondary N) is 1. The highest BCUT2D eigenvalue weighted by molar-refractivity contribution is 8.11. The Morgan fingerprint density at radius 2 is 2.21 bits per heavy atom. The zero-order chi connectivity index (χ0) is 20.8. The molecule has 1 atom stereocenters. The first-order chi connectivity index (χ1) is 14.0. The second kappa shape index (κ2) is 9.56. The monoisotopic (exact) mass is 407 g/mol. The first-order valence-corrected chi connectivity index (χ1v) is 10.4. The lowest BCUT2D eigenvalue weighted by molar-refractivity contribution is -0.139. The molecule has 2 aromatic rings. The van der Waals surface area contributed by atoms with Crippen LogP contribution in [-0.4, -0.2) is 22.5 Å². The van der Waals surface area contributed by atoms with E-state index >= 15 is 0 Å². The molecule has 1 N–H and O–H groups in total. The van der Waals surface area contributed by atoms with Gasteiger partial charge in [0.2, 0.25) is 0 Å². The molecule has 0 spiro atoms. The molecule has 0 aromatic carbocycles. The Morgan fingerprint density at radius 3 is 2.93 bits per heavy atom. The molecule has 29 heavy (non-hydrogen) atoms. The van der Waals surface area contributed by atoms with E-state index in [1.807, 2.05) is 57.2 Å². The van der Waals surface area contributed by atoms with Gasteiger partial charge in [0.05, 0.1) is 5.69 Å². The molecule has 1 aliphatic rings. The van der Waals surface area contributed by atoms with Gasteiger partial charge in [-0.05, 0) is 55.0 Å². The Morgan fingerprint density at radius 1 is 1.38 bits per heavy atom. The fraction of sp³-hybridized carbons (Fsp3) is 0.261. The van der Waals surface area contributed by atoms with Crippen molar-refractivity contribution >= 4 is 34.3 Å². The molecule has 0 saturated heterocycles. The molecule has 0 radical (unpaired) electrons. The van der Waals surface area contributed by atoms with Crippen LogP contribution in [0.5, 0.6) is 0 Å². The second-order valence-electron chi connectivity index (χ2n) is 6.73. The topological polar surface area (TPSA) is 64.1 Å². The number of rotatable bonds is 7. The standard InChI is InChI=1S/C23H25N3O2S/c1-5-17-13-23(27)28-14-18(17)16(4)29-20(6-2)19-8-7-9-21(25-19)26-22-12-15(3)10-11-24-22/h6-13,18H,4-5,14H2,1-3H3,(H,24,25,26)/b20-6-/t18-/m0/s1. The quantitative estimate of drug-likeness (QED) is 0.599. The molecule has 0 unspecified atom stereocenters. The van der Waals surface area contributed by atoms with Gasteiger partial charge in [-0.1, -0.05) is 43.0 Å². The van der Waals surface area contributed by atoms with Crippen LogP contribution in [0.15, 0.2) is 65.7 Å². The van der Waals surface area contributed by atoms with Crippen LogP contribution in [0.2, 0.25) is 0 Å². The van der Waals surface area contributed by atoms with Crippen molar-refractivity contribution in [3.63, 3.8) is 0 Å². The number of ether oxygens (including phenoxy) is 1. The Kier molecular flexibility index (Phi) is 6.88. The molecule has 0 saturated carbocycles. The normalized spacial score (nSPS) is 16.8. The number of hydrogen-bond donors (Lipinski definition) is 1. The Hall–Kier alpha value is -2.86. The van der Waals surface area contributed by atoms with E-state index in [4.69, 9.17) is 9.72 Å². The number of nitrogens with zero attached hydrogens (tertiary/aromatic N) is 2. The number of aromatic nitrogens is 2. The van der Waals surface area contributed by atoms with Gasteiger partial charge in [-0.15, -0.1) is 0 Å². The van der Waals surface area contributed by atoms with E-state index in [-0.39, 0.29) is 11.9 Å². The van der Waals surface area contributed by atoms with Crippen molar-refractivity contribution in [1.29, 1.82) is 0 Å². The fourth-order valence-electron chi connectivity index (χ4n) is 3.06. The summed E-state index contributed by atoms with van der Waals surface area (Å²) < 4.78 is 5.22. The maximum atomic E-state index is 11.5. The molecule has 6 heteroatoms. The van der Waals surface area contributed by atoms with Gasteiger partial charge in [-0.3, -0.25) is 0 Å². The average Bonchev–Trinajstić information content (AvgIpc) is 2.72. The highest BCUT2D eigenvalue weighted by Gasteiger charge is 2.25. The number of carbonyl (C=O) groups excluding carboxylic acids is 1. The van der Waals surface area contributed by atoms with E-state index in [2.05, 4.69) is 16.9 Å². The van der Waals surface area contributed by atoms with Crippen LogP contribution in [0.1, 0.15) is 31.5 Å². The Bertz CT molecular complexity index is 982. The van der Waals surface area contributed by atoms with Crippen LogP contribution in [-0.2, 0) is 9.53 Å². The van der Waals surface area contributed by atoms with E-state index in [0.29, 0.717) is 6.61 Å². The predicted octanol–water partition coefficient (Wildman–Crippen LogP) is 5.65. The Labute approximate surface area is 176 Å². The third kappa shape index (κ3) is 5.35. The lowest BCUT2D eigenvalue weighted by Crippen LogP contribution is -2.22. The minimum absolute atomic E-state index is 0.0236. The smallest absolute Gasteiger partial charge is 0.330 e. The number of pyridine rings is 2. The number of esters is 1. The molecular weight excluding hydrogens is 382 g/mol. The molecule has 150 valence electrons. The van der Waals surface area contributed by atoms with Crippen molar-refractivity contribution in [3.05, 3.63) is 77.0 Å². The van der Waals surface area contributed by atoms with E-state index in [0.717, 1.165) is 44.7 Å². The summed E-state index contributed by atoms with van der Waals surface area (Å²) in [7, 11) is 0. The predicted molar refractivity (Wildman–Crippen MR) is 120 cm³/mol. The van der Waals surface area contributed by atoms with Crippen molar-refractivity contribution < 1.29 is 9.53 Å². The summed E-state index contributed by atoms with van der Waals surface area (Å²) in [5.41, 5.74) is 3.04. The van der Waals surface area contributed by atoms with Gasteiger partial charge >= 0.3 is 5.97 Å². The largest absolute Gasteiger partial charge is 0.462 e. The van der Waals surface area contributed by atoms with Gasteiger partial charge in [0, 0.05) is 23.1 Å². The summed E-state index contributed by atoms with van der Waals surface area (Å²) in [5, 5.41) is 3.25. The third-order valence-corrected chi connectivity index (χ3v) is 5.83. The van der Waals surface area contributed by atoms with Crippen LogP contribution in [0, 0.1) is 12.8 Å². The van der Waals surface area contributed by atoms with Crippen molar-refractivity contribution in [2.45, 2.75) is 27.2 Å². The number of aryl methyl sites for hydroxylation is 1. The molecular formula is C23H25N3O2S. The van der Waals surface area contributed by atoms with Gasteiger partial charge < -0.3 is 10.1 Å². The van der Waals surface area contributed by atoms with Crippen LogP contribution in [0.3, 0.4) is 0 Å². The average molecular weight is 408 g/mol. The number of cyclic esters (lactones) is 1. The van der Waals surface area contributed by atoms with Gasteiger partial charge in [-0.25, -0.2) is 14.8 Å². The molecule has 2 aromatic heterocycles. The first kappa shape index (κ1) is 20.9. The van der Waals surface area contributed by atoms with Gasteiger partial charge in [0.15, 0.2) is 0 Å². The molecule has 3 heterocycles. The second-order valence-corrected chi connectivity index (χ2v) is 7.90. The van der Waals surface area contributed by atoms with Crippen molar-refractivity contribution in [2.24, 2.45) is 5.92 Å². The minimum atomic E-state index is -0.271. The number of hydrogen-bond acceptors (Lipinski definition) is 6. The Balaban J connectivity index is 1.76. The lowest BCUT2D eigenvalue weighted by atomic mass is 9.95. The summed E-state index contributed by atoms with van der Waals surface area (Å²) >= 11 is 1.57. The summed E-state index contributed by atoms with van der Waals surface area (Å²) in [6.07, 6.45) is 6.18. The number of carbonyl (C=O) groups is 1. The third-order valence-electron chi connectivity index (χ3n) is 4.62. The van der Waals surface area contributed by atoms with Crippen molar-refractivity contribution in [3.8, 4) is 0 Å². The molecule has 0 bridgehead atoms. The number of anilines is 2. The lowest BCUT2D eigenvalue weighted by Gasteiger charge is -2.25. The van der Waals surface area contributed by atoms with Gasteiger partial charge in [0.1, 0.15) is 18.2 Å². The molecule has 0 amide bonds. The SMILES string of the molecule is C=C(S/C(=C\C)c1cccc(Nc2cc(C)ccn2)n1)[C@@H]1COC(=O)C=C1CC. The van der Waals surface area contributed by atoms with E-state index < -0.39 is 0 Å². The van der Waals surface area contributed by atoms with Crippen LogP contribution >= 0.6 is 11.8 Å². The van der Waals surface area contributed by atoms with Crippen LogP contribution in [0.25, 0.3) is 4.91 Å². The van der Waals surface area contributed by atoms with Crippen LogP contribution in [0.4, 0.5) is 11.6 Å². The minimum Gasteiger partial charge on any atom is -0.462 e. The van der Waals surface area contributed by atoms with E-state index in [1.165, 1.54) is 0 Å². The maximum Gasteiger partial charge on any atom is 0.330 e. The zero-order valence-corrected chi connectivity index (χ0v) is 17.8. The maximum absolute atomic E-state index is 11.5. The highest BCUT2D eigenvalue weighted by atomic mass is 32.2. The van der Waals surface area contributed by atoms with Crippen molar-refractivity contribution in [1.82, 2.24) is 9.97 Å². The summed E-state index contributed by atoms with van der Waals surface area (Å²) in [6.45, 7) is 10.6. The number of allylic oxidation sites excluding steroid dienone is 1. The van der Waals surface area contributed by atoms with Gasteiger partial charge in [-0.2, -0.15) is 0 Å². The molecule has 0 fully saturated rings. The number of thioether (sulfide) groups is 1. The highest BCUT2D eigenvalue weighted by Crippen LogP contribution is 2.40. The van der Waals surface area contributed by atoms with Crippen LogP contribution < -0.4 is 5.32 Å². The fourth-order valence-corrected chi connectivity index (χ4v) is 4.04. The summed E-state index contributed by atoms with van der Waals surface area (Å²) in [5.74, 6) is 1.24. The first-order valence-electron chi connectivity index (χ1n) is 9.57. The molecule has 0 aliphatic carbocycles. The molecule has 5 nitrogen and oxygen atoms in total. The van der Waals surface area contributed by atoms with E-state index in [1.54, 1.807) is 24.0 Å². The zero-order valence-electron chi connectivity index (χ0n) is 16.9. The molecule has 1 aliphatic heterocycles. The summed E-state index contributed by atoms with van der Waals surface area (Å²) in [4.78, 5) is 22.6. The van der Waals surface area contributed by atoms with E-state index in [9.17, 15) is 4.79 Å².